The van der Waals surface area contributed by atoms with Gasteiger partial charge in [0.2, 0.25) is 15.9 Å². The van der Waals surface area contributed by atoms with E-state index in [1.54, 1.807) is 12.1 Å². The van der Waals surface area contributed by atoms with Crippen molar-refractivity contribution >= 4 is 38.7 Å². The molecule has 4 rings (SSSR count). The van der Waals surface area contributed by atoms with Crippen molar-refractivity contribution in [2.24, 2.45) is 0 Å². The highest BCUT2D eigenvalue weighted by atomic mass is 32.2. The van der Waals surface area contributed by atoms with Gasteiger partial charge < -0.3 is 5.32 Å². The van der Waals surface area contributed by atoms with Crippen LogP contribution in [0.15, 0.2) is 83.8 Å². The molecule has 0 aliphatic carbocycles. The number of carbonyl (C=O) groups is 1. The highest BCUT2D eigenvalue weighted by Gasteiger charge is 2.28. The van der Waals surface area contributed by atoms with E-state index < -0.39 is 16.1 Å². The number of hydrogen-bond donors (Lipinski definition) is 2. The summed E-state index contributed by atoms with van der Waals surface area (Å²) in [5.74, 6) is -0.378. The summed E-state index contributed by atoms with van der Waals surface area (Å²) in [5, 5.41) is 2.87. The van der Waals surface area contributed by atoms with E-state index in [0.29, 0.717) is 24.0 Å². The van der Waals surface area contributed by atoms with Gasteiger partial charge in [-0.05, 0) is 36.1 Å². The molecule has 0 fully saturated rings. The SMILES string of the molecule is O=C(NCCc1ccccc1)[C@H](Cc1ccccc1)NS(=O)(=O)c1cccc2nsnc12. The number of amides is 1. The lowest BCUT2D eigenvalue weighted by molar-refractivity contribution is -0.122. The van der Waals surface area contributed by atoms with Crippen LogP contribution in [0.1, 0.15) is 11.1 Å². The summed E-state index contributed by atoms with van der Waals surface area (Å²) in [5.41, 5.74) is 2.75. The van der Waals surface area contributed by atoms with Gasteiger partial charge in [-0.2, -0.15) is 13.5 Å². The van der Waals surface area contributed by atoms with Crippen molar-refractivity contribution < 1.29 is 13.2 Å². The van der Waals surface area contributed by atoms with Crippen molar-refractivity contribution in [1.29, 1.82) is 0 Å². The van der Waals surface area contributed by atoms with Gasteiger partial charge >= 0.3 is 0 Å². The molecule has 0 radical (unpaired) electrons. The minimum Gasteiger partial charge on any atom is -0.354 e. The number of carbonyl (C=O) groups excluding carboxylic acids is 1. The van der Waals surface area contributed by atoms with Crippen LogP contribution >= 0.6 is 11.7 Å². The Hall–Kier alpha value is -3.14. The van der Waals surface area contributed by atoms with Gasteiger partial charge in [-0.1, -0.05) is 66.7 Å². The lowest BCUT2D eigenvalue weighted by Crippen LogP contribution is -2.48. The zero-order valence-corrected chi connectivity index (χ0v) is 18.8. The summed E-state index contributed by atoms with van der Waals surface area (Å²) in [7, 11) is -4.00. The third-order valence-corrected chi connectivity index (χ3v) is 7.04. The minimum atomic E-state index is -4.00. The van der Waals surface area contributed by atoms with Crippen LogP contribution in [-0.4, -0.2) is 35.7 Å². The van der Waals surface area contributed by atoms with E-state index in [0.717, 1.165) is 22.9 Å². The number of benzene rings is 3. The number of nitrogens with zero attached hydrogens (tertiary/aromatic N) is 2. The number of fused-ring (bicyclic) bond motifs is 1. The lowest BCUT2D eigenvalue weighted by atomic mass is 10.1. The predicted octanol–water partition coefficient (Wildman–Crippen LogP) is 2.94. The quantitative estimate of drug-likeness (QED) is 0.395. The Morgan fingerprint density at radius 3 is 2.28 bits per heavy atom. The molecular formula is C23H22N4O3S2. The molecule has 32 heavy (non-hydrogen) atoms. The van der Waals surface area contributed by atoms with E-state index in [4.69, 9.17) is 0 Å². The molecule has 164 valence electrons. The molecule has 2 N–H and O–H groups in total. The molecule has 0 saturated heterocycles. The molecule has 1 atom stereocenters. The van der Waals surface area contributed by atoms with E-state index in [2.05, 4.69) is 18.8 Å². The summed E-state index contributed by atoms with van der Waals surface area (Å²) in [6.45, 7) is 0.404. The van der Waals surface area contributed by atoms with Crippen LogP contribution < -0.4 is 10.0 Å². The molecule has 9 heteroatoms. The minimum absolute atomic E-state index is 0.0129. The van der Waals surface area contributed by atoms with Gasteiger partial charge in [0, 0.05) is 6.54 Å². The first-order chi connectivity index (χ1) is 15.5. The summed E-state index contributed by atoms with van der Waals surface area (Å²) in [6.07, 6.45) is 0.879. The third kappa shape index (κ3) is 5.37. The second kappa shape index (κ2) is 9.99. The Morgan fingerprint density at radius 1 is 0.875 bits per heavy atom. The molecule has 7 nitrogen and oxygen atoms in total. The topological polar surface area (TPSA) is 101 Å². The standard InChI is InChI=1S/C23H22N4O3S2/c28-23(24-15-14-17-8-3-1-4-9-17)20(16-18-10-5-2-6-11-18)27-32(29,30)21-13-7-12-19-22(21)26-31-25-19/h1-13,20,27H,14-16H2,(H,24,28)/t20-/m0/s1. The van der Waals surface area contributed by atoms with Gasteiger partial charge in [0.1, 0.15) is 22.0 Å². The highest BCUT2D eigenvalue weighted by molar-refractivity contribution is 7.89. The van der Waals surface area contributed by atoms with E-state index in [1.165, 1.54) is 6.07 Å². The van der Waals surface area contributed by atoms with Gasteiger partial charge in [0.05, 0.1) is 11.7 Å². The van der Waals surface area contributed by atoms with Crippen LogP contribution in [0.2, 0.25) is 0 Å². The number of aromatic nitrogens is 2. The van der Waals surface area contributed by atoms with Crippen LogP contribution in [0.4, 0.5) is 0 Å². The van der Waals surface area contributed by atoms with Gasteiger partial charge in [-0.3, -0.25) is 4.79 Å². The summed E-state index contributed by atoms with van der Waals surface area (Å²) < 4.78 is 37.2. The maximum absolute atomic E-state index is 13.2. The molecule has 0 unspecified atom stereocenters. The average molecular weight is 467 g/mol. The van der Waals surface area contributed by atoms with E-state index in [1.807, 2.05) is 60.7 Å². The Morgan fingerprint density at radius 2 is 1.56 bits per heavy atom. The molecule has 0 bridgehead atoms. The predicted molar refractivity (Wildman–Crippen MR) is 125 cm³/mol. The molecule has 0 spiro atoms. The molecule has 0 saturated carbocycles. The van der Waals surface area contributed by atoms with Crippen molar-refractivity contribution in [2.45, 2.75) is 23.8 Å². The smallest absolute Gasteiger partial charge is 0.243 e. The van der Waals surface area contributed by atoms with Crippen molar-refractivity contribution in [1.82, 2.24) is 18.8 Å². The maximum atomic E-state index is 13.2. The zero-order chi connectivity index (χ0) is 22.4. The van der Waals surface area contributed by atoms with Crippen molar-refractivity contribution in [3.8, 4) is 0 Å². The summed E-state index contributed by atoms with van der Waals surface area (Å²) >= 11 is 0.948. The fraction of sp³-hybridized carbons (Fsp3) is 0.174. The van der Waals surface area contributed by atoms with E-state index in [9.17, 15) is 13.2 Å². The molecule has 1 amide bonds. The average Bonchev–Trinajstić information content (AvgIpc) is 3.29. The monoisotopic (exact) mass is 466 g/mol. The normalized spacial score (nSPS) is 12.5. The van der Waals surface area contributed by atoms with Gasteiger partial charge in [-0.25, -0.2) is 8.42 Å². The number of rotatable bonds is 9. The molecule has 3 aromatic carbocycles. The van der Waals surface area contributed by atoms with Crippen LogP contribution in [0, 0.1) is 0 Å². The number of sulfonamides is 1. The lowest BCUT2D eigenvalue weighted by Gasteiger charge is -2.19. The maximum Gasteiger partial charge on any atom is 0.243 e. The largest absolute Gasteiger partial charge is 0.354 e. The van der Waals surface area contributed by atoms with Crippen LogP contribution in [-0.2, 0) is 27.7 Å². The molecule has 1 aromatic heterocycles. The van der Waals surface area contributed by atoms with Crippen molar-refractivity contribution in [3.05, 3.63) is 90.0 Å². The molecule has 4 aromatic rings. The summed E-state index contributed by atoms with van der Waals surface area (Å²) in [4.78, 5) is 13.0. The van der Waals surface area contributed by atoms with Crippen LogP contribution in [0.3, 0.4) is 0 Å². The van der Waals surface area contributed by atoms with Gasteiger partial charge in [0.15, 0.2) is 0 Å². The Balaban J connectivity index is 1.53. The first-order valence-electron chi connectivity index (χ1n) is 10.1. The molecule has 0 aliphatic heterocycles. The molecular weight excluding hydrogens is 444 g/mol. The zero-order valence-electron chi connectivity index (χ0n) is 17.1. The first kappa shape index (κ1) is 22.1. The van der Waals surface area contributed by atoms with Crippen LogP contribution in [0.5, 0.6) is 0 Å². The van der Waals surface area contributed by atoms with E-state index in [-0.39, 0.29) is 17.2 Å². The number of hydrogen-bond acceptors (Lipinski definition) is 6. The number of nitrogens with one attached hydrogen (secondary N) is 2. The summed E-state index contributed by atoms with van der Waals surface area (Å²) in [6, 6.07) is 22.9. The fourth-order valence-corrected chi connectivity index (χ4v) is 5.35. The first-order valence-corrected chi connectivity index (χ1v) is 12.3. The van der Waals surface area contributed by atoms with Crippen molar-refractivity contribution in [3.63, 3.8) is 0 Å². The highest BCUT2D eigenvalue weighted by Crippen LogP contribution is 2.21. The molecule has 1 heterocycles. The Bertz CT molecular complexity index is 1290. The van der Waals surface area contributed by atoms with Crippen LogP contribution in [0.25, 0.3) is 11.0 Å². The second-order valence-electron chi connectivity index (χ2n) is 7.28. The Labute approximate surface area is 190 Å². The second-order valence-corrected chi connectivity index (χ2v) is 9.49. The van der Waals surface area contributed by atoms with Gasteiger partial charge in [0.25, 0.3) is 0 Å². The third-order valence-electron chi connectivity index (χ3n) is 4.99. The fourth-order valence-electron chi connectivity index (χ4n) is 3.38. The molecule has 0 aliphatic rings. The van der Waals surface area contributed by atoms with E-state index >= 15 is 0 Å². The van der Waals surface area contributed by atoms with Crippen molar-refractivity contribution in [2.75, 3.05) is 6.54 Å². The van der Waals surface area contributed by atoms with Gasteiger partial charge in [-0.15, -0.1) is 0 Å². The Kier molecular flexibility index (Phi) is 6.89.